The number of rotatable bonds is 8. The molecular weight excluding hydrogens is 444 g/mol. The quantitative estimate of drug-likeness (QED) is 0.354. The Bertz CT molecular complexity index is 1030. The van der Waals surface area contributed by atoms with Crippen molar-refractivity contribution in [3.8, 4) is 0 Å². The third-order valence-corrected chi connectivity index (χ3v) is 7.26. The lowest BCUT2D eigenvalue weighted by Crippen LogP contribution is -2.46. The summed E-state index contributed by atoms with van der Waals surface area (Å²) in [5.74, 6) is 0.447. The Hall–Kier alpha value is -3.10. The molecule has 3 heterocycles. The normalized spacial score (nSPS) is 27.7. The van der Waals surface area contributed by atoms with Crippen molar-refractivity contribution >= 4 is 23.7 Å². The third-order valence-electron chi connectivity index (χ3n) is 7.26. The van der Waals surface area contributed by atoms with Gasteiger partial charge in [-0.15, -0.1) is 0 Å². The molecule has 1 saturated carbocycles. The molecular formula is C26H38N6O3. The van der Waals surface area contributed by atoms with Gasteiger partial charge >= 0.3 is 5.97 Å². The zero-order valence-corrected chi connectivity index (χ0v) is 21.3. The molecule has 1 unspecified atom stereocenters. The molecule has 0 bridgehead atoms. The third kappa shape index (κ3) is 5.44. The largest absolute Gasteiger partial charge is 0.512 e. The van der Waals surface area contributed by atoms with Crippen LogP contribution in [0.3, 0.4) is 0 Å². The van der Waals surface area contributed by atoms with Crippen LogP contribution in [0, 0.1) is 5.92 Å². The smallest absolute Gasteiger partial charge is 0.338 e. The van der Waals surface area contributed by atoms with Crippen LogP contribution in [-0.4, -0.2) is 51.8 Å². The molecule has 0 aromatic carbocycles. The van der Waals surface area contributed by atoms with E-state index < -0.39 is 11.6 Å². The number of ether oxygens (including phenoxy) is 1. The van der Waals surface area contributed by atoms with Gasteiger partial charge in [-0.05, 0) is 77.1 Å². The number of hydrogen-bond donors (Lipinski definition) is 3. The Morgan fingerprint density at radius 2 is 2.11 bits per heavy atom. The first-order valence-corrected chi connectivity index (χ1v) is 12.6. The van der Waals surface area contributed by atoms with Crippen molar-refractivity contribution in [3.05, 3.63) is 34.9 Å². The molecule has 9 nitrogen and oxygen atoms in total. The molecule has 0 aromatic rings. The minimum absolute atomic E-state index is 0.101. The van der Waals surface area contributed by atoms with Crippen molar-refractivity contribution in [2.45, 2.75) is 97.0 Å². The highest BCUT2D eigenvalue weighted by atomic mass is 16.6. The number of hydrazine groups is 1. The molecule has 0 radical (unpaired) electrons. The van der Waals surface area contributed by atoms with Crippen LogP contribution in [0.5, 0.6) is 0 Å². The summed E-state index contributed by atoms with van der Waals surface area (Å²) < 4.78 is 6.22. The Kier molecular flexibility index (Phi) is 7.33. The number of cyclic esters (lactones) is 1. The van der Waals surface area contributed by atoms with Crippen LogP contribution in [0.4, 0.5) is 0 Å². The summed E-state index contributed by atoms with van der Waals surface area (Å²) in [6, 6.07) is 0.178. The van der Waals surface area contributed by atoms with E-state index in [1.165, 1.54) is 0 Å². The summed E-state index contributed by atoms with van der Waals surface area (Å²) >= 11 is 0. The van der Waals surface area contributed by atoms with Gasteiger partial charge in [-0.25, -0.2) is 19.8 Å². The number of nitrogens with two attached hydrogens (primary N) is 1. The standard InChI is InChI=1S/C26H38N6O3/c1-16(2)28-15-19(14-27)9-10-26(20-7-5-6-8-20)13-22(33)21(24(34)35-26)12-23-30-25-29-17(3)11-18(4)32(25)31-23/h11,14-16,20,25,33H,5-10,12-13,27H2,1-4H3,(H,30,31)/t25-,26?/m0/s1. The van der Waals surface area contributed by atoms with Crippen molar-refractivity contribution < 1.29 is 14.6 Å². The molecule has 1 aliphatic carbocycles. The maximum atomic E-state index is 13.3. The summed E-state index contributed by atoms with van der Waals surface area (Å²) in [4.78, 5) is 26.9. The van der Waals surface area contributed by atoms with Crippen LogP contribution in [0.25, 0.3) is 0 Å². The van der Waals surface area contributed by atoms with Crippen LogP contribution in [0.2, 0.25) is 0 Å². The van der Waals surface area contributed by atoms with Crippen LogP contribution < -0.4 is 11.2 Å². The average molecular weight is 483 g/mol. The average Bonchev–Trinajstić information content (AvgIpc) is 3.47. The van der Waals surface area contributed by atoms with E-state index in [2.05, 4.69) is 20.4 Å². The summed E-state index contributed by atoms with van der Waals surface area (Å²) in [5.41, 5.74) is 11.4. The van der Waals surface area contributed by atoms with E-state index in [1.807, 2.05) is 38.8 Å². The van der Waals surface area contributed by atoms with Gasteiger partial charge in [0.05, 0.1) is 5.57 Å². The summed E-state index contributed by atoms with van der Waals surface area (Å²) in [7, 11) is 0. The van der Waals surface area contributed by atoms with Gasteiger partial charge in [-0.1, -0.05) is 12.8 Å². The Morgan fingerprint density at radius 3 is 2.77 bits per heavy atom. The molecule has 3 aliphatic heterocycles. The van der Waals surface area contributed by atoms with Crippen LogP contribution in [-0.2, 0) is 9.53 Å². The fourth-order valence-electron chi connectivity index (χ4n) is 5.40. The van der Waals surface area contributed by atoms with Crippen molar-refractivity contribution in [1.29, 1.82) is 0 Å². The van der Waals surface area contributed by atoms with Gasteiger partial charge in [0.25, 0.3) is 0 Å². The van der Waals surface area contributed by atoms with E-state index in [0.717, 1.165) is 42.7 Å². The molecule has 9 heteroatoms. The van der Waals surface area contributed by atoms with E-state index in [1.54, 1.807) is 12.4 Å². The number of fused-ring (bicyclic) bond motifs is 1. The van der Waals surface area contributed by atoms with E-state index in [4.69, 9.17) is 10.5 Å². The minimum Gasteiger partial charge on any atom is -0.512 e. The highest BCUT2D eigenvalue weighted by Gasteiger charge is 2.48. The van der Waals surface area contributed by atoms with Crippen LogP contribution in [0.15, 0.2) is 49.9 Å². The number of allylic oxidation sites excluding steroid dienone is 3. The zero-order valence-electron chi connectivity index (χ0n) is 21.3. The first-order valence-electron chi connectivity index (χ1n) is 12.6. The number of hydrogen-bond acceptors (Lipinski definition) is 9. The second-order valence-corrected chi connectivity index (χ2v) is 10.3. The van der Waals surface area contributed by atoms with E-state index >= 15 is 0 Å². The van der Waals surface area contributed by atoms with Crippen molar-refractivity contribution in [2.75, 3.05) is 0 Å². The molecule has 4 aliphatic rings. The fraction of sp³-hybridized carbons (Fsp3) is 0.615. The monoisotopic (exact) mass is 482 g/mol. The van der Waals surface area contributed by atoms with Crippen molar-refractivity contribution in [3.63, 3.8) is 0 Å². The Balaban J connectivity index is 1.52. The lowest BCUT2D eigenvalue weighted by Gasteiger charge is -2.42. The summed E-state index contributed by atoms with van der Waals surface area (Å²) in [5, 5.41) is 13.0. The first-order chi connectivity index (χ1) is 16.7. The number of amidine groups is 1. The Labute approximate surface area is 207 Å². The lowest BCUT2D eigenvalue weighted by molar-refractivity contribution is -0.167. The molecule has 0 saturated heterocycles. The van der Waals surface area contributed by atoms with Gasteiger partial charge in [0.15, 0.2) is 0 Å². The van der Waals surface area contributed by atoms with E-state index in [9.17, 15) is 9.90 Å². The molecule has 0 spiro atoms. The topological polar surface area (TPSA) is 125 Å². The number of nitrogens with zero attached hydrogens (tertiary/aromatic N) is 4. The van der Waals surface area contributed by atoms with Gasteiger partial charge in [0, 0.05) is 36.5 Å². The van der Waals surface area contributed by atoms with Crippen molar-refractivity contribution in [2.24, 2.45) is 26.6 Å². The highest BCUT2D eigenvalue weighted by Crippen LogP contribution is 2.46. The molecule has 0 amide bonds. The summed E-state index contributed by atoms with van der Waals surface area (Å²) in [6.07, 6.45) is 10.9. The summed E-state index contributed by atoms with van der Waals surface area (Å²) in [6.45, 7) is 7.94. The number of nitrogens with one attached hydrogen (secondary N) is 1. The number of aliphatic hydroxyl groups excluding tert-OH is 1. The molecule has 0 aromatic heterocycles. The van der Waals surface area contributed by atoms with Crippen molar-refractivity contribution in [1.82, 2.24) is 10.4 Å². The SMILES string of the molecule is CC1=CC(C)=N[C@H]2N=C(CC3=C(O)CC(CCC(C=NC(C)C)=CN)(C4CCCC4)OC3=O)NN12. The second-order valence-electron chi connectivity index (χ2n) is 10.3. The van der Waals surface area contributed by atoms with Gasteiger partial charge < -0.3 is 15.6 Å². The fourth-order valence-corrected chi connectivity index (χ4v) is 5.40. The number of aliphatic imine (C=N–C) groups is 3. The molecule has 190 valence electrons. The highest BCUT2D eigenvalue weighted by molar-refractivity contribution is 5.99. The number of carbonyl (C=O) groups is 1. The number of aliphatic hydroxyl groups is 1. The minimum atomic E-state index is -0.732. The van der Waals surface area contributed by atoms with E-state index in [0.29, 0.717) is 25.1 Å². The van der Waals surface area contributed by atoms with Gasteiger partial charge in [0.1, 0.15) is 17.2 Å². The zero-order chi connectivity index (χ0) is 25.2. The van der Waals surface area contributed by atoms with E-state index in [-0.39, 0.29) is 36.0 Å². The predicted octanol–water partition coefficient (Wildman–Crippen LogP) is 4.05. The molecule has 35 heavy (non-hydrogen) atoms. The molecule has 1 fully saturated rings. The van der Waals surface area contributed by atoms with Crippen LogP contribution >= 0.6 is 0 Å². The lowest BCUT2D eigenvalue weighted by atomic mass is 9.76. The van der Waals surface area contributed by atoms with Gasteiger partial charge in [-0.2, -0.15) is 0 Å². The second kappa shape index (κ2) is 10.3. The Morgan fingerprint density at radius 1 is 1.37 bits per heavy atom. The van der Waals surface area contributed by atoms with Gasteiger partial charge in [-0.3, -0.25) is 10.4 Å². The van der Waals surface area contributed by atoms with Crippen LogP contribution in [0.1, 0.15) is 79.1 Å². The first kappa shape index (κ1) is 25.0. The number of esters is 1. The maximum absolute atomic E-state index is 13.3. The molecule has 4 N–H and O–H groups in total. The molecule has 4 rings (SSSR count). The van der Waals surface area contributed by atoms with Gasteiger partial charge in [0.2, 0.25) is 6.29 Å². The number of carbonyl (C=O) groups excluding carboxylic acids is 1. The predicted molar refractivity (Wildman–Crippen MR) is 138 cm³/mol. The maximum Gasteiger partial charge on any atom is 0.338 e. The molecule has 2 atom stereocenters.